The number of rotatable bonds is 16. The molecule has 0 saturated heterocycles. The van der Waals surface area contributed by atoms with Crippen molar-refractivity contribution in [2.45, 2.75) is 47.3 Å². The zero-order chi connectivity index (χ0) is 51.8. The van der Waals surface area contributed by atoms with E-state index >= 15 is 0 Å². The van der Waals surface area contributed by atoms with E-state index in [-0.39, 0.29) is 0 Å². The van der Waals surface area contributed by atoms with E-state index in [1.807, 2.05) is 0 Å². The average Bonchev–Trinajstić information content (AvgIpc) is 3.45. The Kier molecular flexibility index (Phi) is 14.9. The summed E-state index contributed by atoms with van der Waals surface area (Å²) in [5.41, 5.74) is 17.9. The number of para-hydroxylation sites is 8. The van der Waals surface area contributed by atoms with Crippen LogP contribution in [0.25, 0.3) is 0 Å². The second kappa shape index (κ2) is 22.8. The molecule has 0 unspecified atom stereocenters. The van der Waals surface area contributed by atoms with Gasteiger partial charge in [-0.1, -0.05) is 175 Å². The second-order valence-electron chi connectivity index (χ2n) is 18.9. The van der Waals surface area contributed by atoms with Gasteiger partial charge >= 0.3 is 0 Å². The van der Waals surface area contributed by atoms with Crippen LogP contribution >= 0.6 is 23.5 Å². The summed E-state index contributed by atoms with van der Waals surface area (Å²) < 4.78 is 0. The van der Waals surface area contributed by atoms with Crippen molar-refractivity contribution in [3.8, 4) is 0 Å². The summed E-state index contributed by atoms with van der Waals surface area (Å²) in [5.74, 6) is 0. The van der Waals surface area contributed by atoms with Crippen LogP contribution in [0.2, 0.25) is 0 Å². The van der Waals surface area contributed by atoms with Crippen LogP contribution in [0.5, 0.6) is 0 Å². The van der Waals surface area contributed by atoms with Crippen molar-refractivity contribution in [2.24, 2.45) is 0 Å². The van der Waals surface area contributed by atoms with Gasteiger partial charge in [-0.25, -0.2) is 0 Å². The minimum atomic E-state index is 1.06. The highest BCUT2D eigenvalue weighted by atomic mass is 32.2. The van der Waals surface area contributed by atoms with E-state index in [2.05, 4.69) is 326 Å². The normalized spacial score (nSPS) is 11.0. The molecule has 0 fully saturated rings. The van der Waals surface area contributed by atoms with Crippen LogP contribution in [-0.4, -0.2) is 0 Å². The van der Waals surface area contributed by atoms with Gasteiger partial charge in [0.25, 0.3) is 0 Å². The van der Waals surface area contributed by atoms with Crippen molar-refractivity contribution in [1.82, 2.24) is 0 Å². The number of hydrogen-bond acceptors (Lipinski definition) is 6. The van der Waals surface area contributed by atoms with Gasteiger partial charge in [-0.05, 0) is 177 Å². The molecular weight excluding hydrogens is 961 g/mol. The Bertz CT molecular complexity index is 3320. The van der Waals surface area contributed by atoms with Crippen molar-refractivity contribution >= 4 is 91.8 Å². The van der Waals surface area contributed by atoms with Crippen molar-refractivity contribution in [3.05, 3.63) is 301 Å². The summed E-state index contributed by atoms with van der Waals surface area (Å²) in [6, 6.07) is 101. The van der Waals surface area contributed by atoms with Gasteiger partial charge in [0.2, 0.25) is 0 Å². The molecule has 0 bridgehead atoms. The highest BCUT2D eigenvalue weighted by Crippen LogP contribution is 2.48. The topological polar surface area (TPSA) is 13.0 Å². The van der Waals surface area contributed by atoms with Crippen LogP contribution in [0.3, 0.4) is 0 Å². The maximum Gasteiger partial charge on any atom is 0.0494 e. The van der Waals surface area contributed by atoms with Crippen molar-refractivity contribution < 1.29 is 0 Å². The summed E-state index contributed by atoms with van der Waals surface area (Å²) in [6.45, 7) is 8.80. The Morgan fingerprint density at radius 1 is 0.197 bits per heavy atom. The third-order valence-electron chi connectivity index (χ3n) is 13.5. The molecule has 0 amide bonds. The van der Waals surface area contributed by atoms with Gasteiger partial charge in [0.1, 0.15) is 0 Å². The smallest absolute Gasteiger partial charge is 0.0494 e. The van der Waals surface area contributed by atoms with Crippen LogP contribution < -0.4 is 19.6 Å². The molecule has 0 aromatic heterocycles. The van der Waals surface area contributed by atoms with Crippen LogP contribution in [0.4, 0.5) is 68.2 Å². The standard InChI is InChI=1S/C70H58N4S2/c1-51-26-17-21-40-67(51)73(68-41-22-18-27-52(68)2)61-44-59(71(55-30-9-5-10-31-55)56-32-11-6-12-33-56)46-65(48-61)75-63-38-25-39-64(50-63)76-66-47-60(72(57-34-13-7-14-35-57)58-36-15-8-16-37-58)45-62(49-66)74(69-42-23-19-28-53(69)3)70-43-24-20-29-54(70)4/h5-50H,1-4H3. The summed E-state index contributed by atoms with van der Waals surface area (Å²) in [7, 11) is 0. The van der Waals surface area contributed by atoms with Gasteiger partial charge in [-0.15, -0.1) is 0 Å². The first-order valence-electron chi connectivity index (χ1n) is 25.7. The SMILES string of the molecule is Cc1ccccc1N(c1cc(Sc2cccc(Sc3cc(N(c4ccccc4)c4ccccc4)cc(N(c4ccccc4C)c4ccccc4C)c3)c2)cc(N(c2ccccc2)c2ccccc2)c1)c1ccccc1C. The molecule has 4 nitrogen and oxygen atoms in total. The Balaban J connectivity index is 1.05. The van der Waals surface area contributed by atoms with Gasteiger partial charge in [-0.2, -0.15) is 0 Å². The van der Waals surface area contributed by atoms with Gasteiger partial charge in [0.05, 0.1) is 0 Å². The minimum absolute atomic E-state index is 1.06. The van der Waals surface area contributed by atoms with Gasteiger partial charge < -0.3 is 19.6 Å². The molecule has 370 valence electrons. The summed E-state index contributed by atoms with van der Waals surface area (Å²) in [6.07, 6.45) is 0. The number of hydrogen-bond donors (Lipinski definition) is 0. The lowest BCUT2D eigenvalue weighted by Crippen LogP contribution is -2.15. The second-order valence-corrected chi connectivity index (χ2v) is 21.2. The maximum absolute atomic E-state index is 2.43. The van der Waals surface area contributed by atoms with E-state index in [1.54, 1.807) is 23.5 Å². The number of benzene rings is 11. The van der Waals surface area contributed by atoms with Crippen LogP contribution in [-0.2, 0) is 0 Å². The molecular formula is C70H58N4S2. The number of nitrogens with zero attached hydrogens (tertiary/aromatic N) is 4. The summed E-state index contributed by atoms with van der Waals surface area (Å²) in [5, 5.41) is 0. The van der Waals surface area contributed by atoms with Gasteiger partial charge in [0, 0.05) is 87.8 Å². The third-order valence-corrected chi connectivity index (χ3v) is 15.5. The fraction of sp³-hybridized carbons (Fsp3) is 0.0571. The number of aryl methyl sites for hydroxylation is 4. The first-order valence-corrected chi connectivity index (χ1v) is 27.4. The van der Waals surface area contributed by atoms with Crippen molar-refractivity contribution in [3.63, 3.8) is 0 Å². The predicted octanol–water partition coefficient (Wildman–Crippen LogP) is 21.1. The molecule has 0 aliphatic carbocycles. The van der Waals surface area contributed by atoms with E-state index in [0.717, 1.165) is 87.8 Å². The quantitative estimate of drug-likeness (QED) is 0.0950. The molecule has 0 saturated carbocycles. The first kappa shape index (κ1) is 49.5. The molecule has 76 heavy (non-hydrogen) atoms. The maximum atomic E-state index is 2.43. The van der Waals surface area contributed by atoms with Gasteiger partial charge in [-0.3, -0.25) is 0 Å². The Morgan fingerprint density at radius 2 is 0.447 bits per heavy atom. The average molecular weight is 1020 g/mol. The molecule has 11 rings (SSSR count). The Hall–Kier alpha value is -8.68. The van der Waals surface area contributed by atoms with Crippen molar-refractivity contribution in [1.29, 1.82) is 0 Å². The highest BCUT2D eigenvalue weighted by Gasteiger charge is 2.23. The highest BCUT2D eigenvalue weighted by molar-refractivity contribution is 8.00. The molecule has 0 radical (unpaired) electrons. The summed E-state index contributed by atoms with van der Waals surface area (Å²) in [4.78, 5) is 14.1. The van der Waals surface area contributed by atoms with E-state index in [9.17, 15) is 0 Å². The lowest BCUT2D eigenvalue weighted by atomic mass is 10.1. The van der Waals surface area contributed by atoms with Crippen LogP contribution in [0.1, 0.15) is 22.3 Å². The largest absolute Gasteiger partial charge is 0.310 e. The molecule has 6 heteroatoms. The lowest BCUT2D eigenvalue weighted by molar-refractivity contribution is 1.19. The molecule has 0 N–H and O–H groups in total. The molecule has 0 atom stereocenters. The predicted molar refractivity (Wildman–Crippen MR) is 325 cm³/mol. The summed E-state index contributed by atoms with van der Waals surface area (Å²) >= 11 is 3.58. The van der Waals surface area contributed by atoms with E-state index in [1.165, 1.54) is 22.3 Å². The van der Waals surface area contributed by atoms with E-state index < -0.39 is 0 Å². The Morgan fingerprint density at radius 3 is 0.724 bits per heavy atom. The number of anilines is 12. The monoisotopic (exact) mass is 1020 g/mol. The molecule has 11 aromatic carbocycles. The van der Waals surface area contributed by atoms with Crippen molar-refractivity contribution in [2.75, 3.05) is 19.6 Å². The van der Waals surface area contributed by atoms with Gasteiger partial charge in [0.15, 0.2) is 0 Å². The minimum Gasteiger partial charge on any atom is -0.310 e. The molecule has 0 aliphatic heterocycles. The Labute approximate surface area is 457 Å². The van der Waals surface area contributed by atoms with Crippen LogP contribution in [0.15, 0.2) is 299 Å². The fourth-order valence-electron chi connectivity index (χ4n) is 9.92. The first-order chi connectivity index (χ1) is 37.3. The lowest BCUT2D eigenvalue weighted by Gasteiger charge is -2.31. The molecule has 0 aliphatic rings. The zero-order valence-electron chi connectivity index (χ0n) is 43.2. The molecule has 11 aromatic rings. The van der Waals surface area contributed by atoms with E-state index in [0.29, 0.717) is 0 Å². The zero-order valence-corrected chi connectivity index (χ0v) is 44.8. The molecule has 0 heterocycles. The third kappa shape index (κ3) is 10.9. The van der Waals surface area contributed by atoms with Crippen LogP contribution in [0, 0.1) is 27.7 Å². The fourth-order valence-corrected chi connectivity index (χ4v) is 11.9. The van der Waals surface area contributed by atoms with E-state index in [4.69, 9.17) is 0 Å². The molecule has 0 spiro atoms.